The van der Waals surface area contributed by atoms with Crippen LogP contribution >= 0.6 is 0 Å². The van der Waals surface area contributed by atoms with Gasteiger partial charge in [0.2, 0.25) is 0 Å². The Hall–Kier alpha value is 4.23. The van der Waals surface area contributed by atoms with E-state index in [1.807, 2.05) is 0 Å². The van der Waals surface area contributed by atoms with Crippen LogP contribution in [0.5, 0.6) is 0 Å². The first-order valence-electron chi connectivity index (χ1n) is 3.58. The van der Waals surface area contributed by atoms with Gasteiger partial charge in [-0.3, -0.25) is 0 Å². The molecule has 0 spiro atoms. The van der Waals surface area contributed by atoms with Gasteiger partial charge in [0.25, 0.3) is 0 Å². The number of hydrogen-bond acceptors (Lipinski definition) is 0. The smallest absolute Gasteiger partial charge is 0.0675 e. The average Bonchev–Trinajstić information content (AvgIpc) is 1.12. The Bertz CT molecular complexity index is 120. The second-order valence-corrected chi connectivity index (χ2v) is 5.37. The Labute approximate surface area is 395 Å². The molecule has 12 N–H and O–H groups in total. The summed E-state index contributed by atoms with van der Waals surface area (Å²) < 4.78 is 2.00. The van der Waals surface area contributed by atoms with Crippen molar-refractivity contribution < 1.29 is 331 Å². The molecule has 32 nitrogen and oxygen atoms in total. The van der Waals surface area contributed by atoms with E-state index in [2.05, 4.69) is 56.4 Å². The van der Waals surface area contributed by atoms with Crippen LogP contribution < -0.4 is 12.3 Å². The molecule has 0 aliphatic carbocycles. The molecule has 0 aliphatic rings. The maximum Gasteiger partial charge on any atom is 0.0675 e. The third-order valence-corrected chi connectivity index (χ3v) is 0. The Morgan fingerprint density at radius 1 is 0.167 bits per heavy atom. The molecule has 0 heterocycles. The molecule has 40 heteroatoms. The van der Waals surface area contributed by atoms with Gasteiger partial charge in [-0.15, -0.1) is 0 Å². The van der Waals surface area contributed by atoms with E-state index in [-0.39, 0.29) is 334 Å². The summed E-state index contributed by atoms with van der Waals surface area (Å²) in [7, 11) is 17.0. The predicted octanol–water partition coefficient (Wildman–Crippen LogP) is -3.36. The van der Waals surface area contributed by atoms with Crippen molar-refractivity contribution in [1.82, 2.24) is 12.3 Å². The van der Waals surface area contributed by atoms with Gasteiger partial charge in [0, 0.05) is 169 Å². The quantitative estimate of drug-likeness (QED) is 0.177. The van der Waals surface area contributed by atoms with Crippen molar-refractivity contribution in [1.29, 1.82) is 0 Å². The summed E-state index contributed by atoms with van der Waals surface area (Å²) in [5.41, 5.74) is 0. The zero-order valence-electron chi connectivity index (χ0n) is 25.8. The number of quaternary nitrogens is 4. The van der Waals surface area contributed by atoms with Crippen LogP contribution in [0, 0.1) is 0 Å². The van der Waals surface area contributed by atoms with Gasteiger partial charge in [-0.05, 0) is 0 Å². The summed E-state index contributed by atoms with van der Waals surface area (Å²) in [6, 6.07) is 0. The second-order valence-electron chi connectivity index (χ2n) is 5.37. The summed E-state index contributed by atoms with van der Waals surface area (Å²) in [6.45, 7) is 0. The molecule has 0 radical (unpaired) electrons. The van der Waals surface area contributed by atoms with Crippen molar-refractivity contribution in [2.24, 2.45) is 0 Å². The summed E-state index contributed by atoms with van der Waals surface area (Å²) in [5.74, 6) is 0. The first kappa shape index (κ1) is 917. The van der Waals surface area contributed by atoms with Crippen LogP contribution in [0.4, 0.5) is 0 Å². The van der Waals surface area contributed by atoms with Crippen LogP contribution in [-0.4, -0.2) is 76.3 Å². The molecule has 352 valence electrons. The SMILES string of the molecule is C[N+](C)(C)C.C[N+](C)(C)C.O.O.[Mo].[Mo].[Mo].[Mo].[Mo].[Mo].[Mo].[Mo].[NH4+].[NH4+].[O-2].[O-2].[O-2].[O-2].[O-2].[O-2].[O-2].[O-2].[O-2].[O-2].[O-2].[O-2].[O-2].[O-2].[O-2].[O-2].[O-2].[O-2].[O-2].[O-2].[O-2].[O-2].[O-2].[O-2].[O-2].[O-2]. The third kappa shape index (κ3) is 6810. The fraction of sp³-hybridized carbons (Fsp3) is 1.00. The minimum Gasteiger partial charge on any atom is -2.00 e. The first-order chi connectivity index (χ1) is 4.00. The Morgan fingerprint density at radius 3 is 0.167 bits per heavy atom. The van der Waals surface area contributed by atoms with E-state index in [1.165, 1.54) is 0 Å². The van der Waals surface area contributed by atoms with E-state index >= 15 is 0 Å². The van der Waals surface area contributed by atoms with Crippen molar-refractivity contribution in [3.63, 3.8) is 0 Å². The van der Waals surface area contributed by atoms with E-state index < -0.39 is 0 Å². The van der Waals surface area contributed by atoms with E-state index in [4.69, 9.17) is 0 Å². The zero-order chi connectivity index (χ0) is 9.00. The van der Waals surface area contributed by atoms with Gasteiger partial charge in [0.15, 0.2) is 0 Å². The minimum absolute atomic E-state index is 0. The fourth-order valence-electron chi connectivity index (χ4n) is 0. The third-order valence-electron chi connectivity index (χ3n) is 0. The first-order valence-corrected chi connectivity index (χ1v) is 3.58. The molecule has 0 rings (SSSR count). The predicted molar refractivity (Wildman–Crippen MR) is 85.0 cm³/mol. The van der Waals surface area contributed by atoms with Gasteiger partial charge in [0.1, 0.15) is 0 Å². The number of hydrogen-bond donors (Lipinski definition) is 2. The molecule has 0 fully saturated rings. The van der Waals surface area contributed by atoms with Crippen molar-refractivity contribution in [3.8, 4) is 0 Å². The van der Waals surface area contributed by atoms with Crippen LogP contribution in [0.15, 0.2) is 0 Å². The Kier molecular flexibility index (Phi) is 9370. The van der Waals surface area contributed by atoms with E-state index in [0.717, 1.165) is 8.97 Å². The molecule has 0 amide bonds. The van der Waals surface area contributed by atoms with Crippen molar-refractivity contribution in [2.45, 2.75) is 0 Å². The summed E-state index contributed by atoms with van der Waals surface area (Å²) in [5, 5.41) is 0. The monoisotopic (exact) mass is 1420 g/mol. The van der Waals surface area contributed by atoms with E-state index in [1.54, 1.807) is 0 Å². The van der Waals surface area contributed by atoms with Crippen molar-refractivity contribution in [2.75, 3.05) is 56.4 Å². The number of rotatable bonds is 0. The normalized spacial score (nSPS) is 2.50. The molecule has 0 aromatic carbocycles. The maximum absolute atomic E-state index is 2.12. The molecule has 0 saturated heterocycles. The summed E-state index contributed by atoms with van der Waals surface area (Å²) in [4.78, 5) is 0. The van der Waals surface area contributed by atoms with E-state index in [0.29, 0.717) is 0 Å². The minimum atomic E-state index is 0. The van der Waals surface area contributed by atoms with Gasteiger partial charge in [0.05, 0.1) is 56.4 Å². The number of nitrogens with zero attached hydrogens (tertiary/aromatic N) is 2. The van der Waals surface area contributed by atoms with Crippen LogP contribution in [0.2, 0.25) is 0 Å². The van der Waals surface area contributed by atoms with Crippen molar-refractivity contribution in [3.05, 3.63) is 0 Å². The standard InChI is InChI=1S/2C4H12N.8Mo.2H3N.2H2O.26O/c2*1-5(2,3)4;;;;;;;;;;;;;;;;;;;;;;;;;;;;;;;;;;;;;;/h2*1-4H3;;;;;;;;;2*1H3;2*1H2;;;;;;;;;;;;;;;;;;;;;;;;;;/q2*+1;;;;;;;;;;;;;26*-2/p+2. The average molecular weight is 1400 g/mol. The van der Waals surface area contributed by atoms with Crippen LogP contribution in [-0.2, 0) is 311 Å². The molecule has 0 aromatic rings. The molecular formula is C8H36Mo8N4O28-48. The van der Waals surface area contributed by atoms with Crippen LogP contribution in [0.1, 0.15) is 0 Å². The molecule has 0 saturated carbocycles. The molecule has 0 atom stereocenters. The van der Waals surface area contributed by atoms with Gasteiger partial charge in [-0.25, -0.2) is 0 Å². The molecule has 0 bridgehead atoms. The molecule has 0 aromatic heterocycles. The topological polar surface area (TPSA) is 877 Å². The van der Waals surface area contributed by atoms with Crippen molar-refractivity contribution >= 4 is 0 Å². The maximum atomic E-state index is 2.12. The Balaban J connectivity index is -0.000000000392. The molecule has 48 heavy (non-hydrogen) atoms. The fourth-order valence-corrected chi connectivity index (χ4v) is 0. The zero-order valence-corrected chi connectivity index (χ0v) is 41.8. The molecular weight excluding hydrogens is 1370 g/mol. The van der Waals surface area contributed by atoms with Gasteiger partial charge < -0.3 is 175 Å². The molecule has 0 aliphatic heterocycles. The Morgan fingerprint density at radius 2 is 0.167 bits per heavy atom. The van der Waals surface area contributed by atoms with Gasteiger partial charge in [-0.1, -0.05) is 0 Å². The van der Waals surface area contributed by atoms with Crippen LogP contribution in [0.25, 0.3) is 0 Å². The van der Waals surface area contributed by atoms with Crippen LogP contribution in [0.3, 0.4) is 0 Å². The summed E-state index contributed by atoms with van der Waals surface area (Å²) >= 11 is 0. The van der Waals surface area contributed by atoms with Gasteiger partial charge >= 0.3 is 0 Å². The van der Waals surface area contributed by atoms with Gasteiger partial charge in [-0.2, -0.15) is 0 Å². The largest absolute Gasteiger partial charge is 2.00 e. The second kappa shape index (κ2) is 491. The summed E-state index contributed by atoms with van der Waals surface area (Å²) in [6.07, 6.45) is 0. The van der Waals surface area contributed by atoms with E-state index in [9.17, 15) is 0 Å². The molecule has 0 unspecified atom stereocenters.